The molecule has 1 saturated heterocycles. The highest BCUT2D eigenvalue weighted by Crippen LogP contribution is 2.13. The molecule has 1 aromatic carbocycles. The van der Waals surface area contributed by atoms with Gasteiger partial charge in [0.25, 0.3) is 0 Å². The van der Waals surface area contributed by atoms with Gasteiger partial charge in [0.05, 0.1) is 13.5 Å². The Morgan fingerprint density at radius 1 is 1.41 bits per heavy atom. The van der Waals surface area contributed by atoms with E-state index in [1.54, 1.807) is 19.2 Å². The van der Waals surface area contributed by atoms with Gasteiger partial charge in [-0.3, -0.25) is 4.79 Å². The minimum atomic E-state index is -0.472. The Morgan fingerprint density at radius 2 is 2.06 bits per heavy atom. The Hall–Kier alpha value is -2.04. The first-order valence-electron chi connectivity index (χ1n) is 5.28. The van der Waals surface area contributed by atoms with Crippen LogP contribution in [0.3, 0.4) is 0 Å². The highest BCUT2D eigenvalue weighted by Gasteiger charge is 2.32. The largest absolute Gasteiger partial charge is 0.497 e. The van der Waals surface area contributed by atoms with Crippen LogP contribution in [-0.4, -0.2) is 25.0 Å². The summed E-state index contributed by atoms with van der Waals surface area (Å²) in [7, 11) is 1.59. The van der Waals surface area contributed by atoms with Gasteiger partial charge in [0.15, 0.2) is 0 Å². The SMILES string of the molecule is COc1ccc(COC(=O)[C@@H]2CC(=O)N2)cc1. The third kappa shape index (κ3) is 2.75. The zero-order chi connectivity index (χ0) is 12.3. The van der Waals surface area contributed by atoms with Gasteiger partial charge in [0.2, 0.25) is 5.91 Å². The Bertz CT molecular complexity index is 419. The number of rotatable bonds is 4. The number of β-lactam (4-membered cyclic amide) rings is 1. The summed E-state index contributed by atoms with van der Waals surface area (Å²) in [6, 6.07) is 6.78. The fraction of sp³-hybridized carbons (Fsp3) is 0.333. The van der Waals surface area contributed by atoms with Crippen molar-refractivity contribution in [3.63, 3.8) is 0 Å². The monoisotopic (exact) mass is 235 g/mol. The number of hydrogen-bond donors (Lipinski definition) is 1. The molecule has 1 aliphatic heterocycles. The number of esters is 1. The summed E-state index contributed by atoms with van der Waals surface area (Å²) in [5.41, 5.74) is 0.879. The lowest BCUT2D eigenvalue weighted by molar-refractivity contribution is -0.154. The van der Waals surface area contributed by atoms with Gasteiger partial charge in [0, 0.05) is 0 Å². The van der Waals surface area contributed by atoms with Crippen LogP contribution < -0.4 is 10.1 Å². The van der Waals surface area contributed by atoms with E-state index in [1.165, 1.54) is 0 Å². The van der Waals surface area contributed by atoms with E-state index in [2.05, 4.69) is 5.32 Å². The Kier molecular flexibility index (Phi) is 3.27. The summed E-state index contributed by atoms with van der Waals surface area (Å²) in [5, 5.41) is 2.46. The van der Waals surface area contributed by atoms with Crippen molar-refractivity contribution >= 4 is 11.9 Å². The Morgan fingerprint density at radius 3 is 2.59 bits per heavy atom. The molecule has 0 bridgehead atoms. The zero-order valence-electron chi connectivity index (χ0n) is 9.43. The second-order valence-corrected chi connectivity index (χ2v) is 3.78. The molecule has 0 unspecified atom stereocenters. The van der Waals surface area contributed by atoms with Crippen molar-refractivity contribution in [1.82, 2.24) is 5.32 Å². The molecule has 0 aromatic heterocycles. The minimum absolute atomic E-state index is 0.114. The van der Waals surface area contributed by atoms with Crippen LogP contribution in [0.1, 0.15) is 12.0 Å². The van der Waals surface area contributed by atoms with E-state index in [4.69, 9.17) is 9.47 Å². The maximum absolute atomic E-state index is 11.4. The predicted molar refractivity (Wildman–Crippen MR) is 59.3 cm³/mol. The van der Waals surface area contributed by atoms with Crippen LogP contribution >= 0.6 is 0 Å². The first kappa shape index (κ1) is 11.4. The molecular weight excluding hydrogens is 222 g/mol. The number of ether oxygens (including phenoxy) is 2. The van der Waals surface area contributed by atoms with E-state index in [-0.39, 0.29) is 24.9 Å². The van der Waals surface area contributed by atoms with Crippen molar-refractivity contribution < 1.29 is 19.1 Å². The Balaban J connectivity index is 1.80. The quantitative estimate of drug-likeness (QED) is 0.614. The van der Waals surface area contributed by atoms with Gasteiger partial charge in [-0.25, -0.2) is 4.79 Å². The third-order valence-corrected chi connectivity index (χ3v) is 2.55. The number of methoxy groups -OCH3 is 1. The fourth-order valence-corrected chi connectivity index (χ4v) is 1.48. The molecule has 1 N–H and O–H groups in total. The molecule has 0 spiro atoms. The lowest BCUT2D eigenvalue weighted by Gasteiger charge is -2.24. The summed E-state index contributed by atoms with van der Waals surface area (Å²) in [5.74, 6) is 0.253. The summed E-state index contributed by atoms with van der Waals surface area (Å²) >= 11 is 0. The summed E-state index contributed by atoms with van der Waals surface area (Å²) < 4.78 is 10.1. The predicted octanol–water partition coefficient (Wildman–Crippen LogP) is 0.627. The fourth-order valence-electron chi connectivity index (χ4n) is 1.48. The maximum Gasteiger partial charge on any atom is 0.329 e. The standard InChI is InChI=1S/C12H13NO4/c1-16-9-4-2-8(3-5-9)7-17-12(15)10-6-11(14)13-10/h2-5,10H,6-7H2,1H3,(H,13,14)/t10-/m0/s1. The van der Waals surface area contributed by atoms with E-state index < -0.39 is 6.04 Å². The van der Waals surface area contributed by atoms with Crippen LogP contribution in [0.25, 0.3) is 0 Å². The highest BCUT2D eigenvalue weighted by molar-refractivity contribution is 5.94. The van der Waals surface area contributed by atoms with Gasteiger partial charge in [-0.2, -0.15) is 0 Å². The molecule has 17 heavy (non-hydrogen) atoms. The number of hydrogen-bond acceptors (Lipinski definition) is 4. The van der Waals surface area contributed by atoms with Crippen LogP contribution in [0.5, 0.6) is 5.75 Å². The van der Waals surface area contributed by atoms with Crippen LogP contribution in [0.15, 0.2) is 24.3 Å². The number of carbonyl (C=O) groups excluding carboxylic acids is 2. The molecule has 1 atom stereocenters. The van der Waals surface area contributed by atoms with Gasteiger partial charge in [-0.05, 0) is 17.7 Å². The minimum Gasteiger partial charge on any atom is -0.497 e. The summed E-state index contributed by atoms with van der Waals surface area (Å²) in [4.78, 5) is 22.0. The average molecular weight is 235 g/mol. The van der Waals surface area contributed by atoms with Crippen LogP contribution in [0.4, 0.5) is 0 Å². The van der Waals surface area contributed by atoms with Crippen molar-refractivity contribution in [1.29, 1.82) is 0 Å². The number of nitrogens with one attached hydrogen (secondary N) is 1. The van der Waals surface area contributed by atoms with Gasteiger partial charge >= 0.3 is 5.97 Å². The van der Waals surface area contributed by atoms with Crippen molar-refractivity contribution in [2.45, 2.75) is 19.1 Å². The lowest BCUT2D eigenvalue weighted by atomic mass is 10.1. The topological polar surface area (TPSA) is 64.6 Å². The van der Waals surface area contributed by atoms with E-state index >= 15 is 0 Å². The first-order chi connectivity index (χ1) is 8.19. The van der Waals surface area contributed by atoms with E-state index in [9.17, 15) is 9.59 Å². The zero-order valence-corrected chi connectivity index (χ0v) is 9.43. The second-order valence-electron chi connectivity index (χ2n) is 3.78. The molecule has 90 valence electrons. The van der Waals surface area contributed by atoms with Crippen molar-refractivity contribution in [2.75, 3.05) is 7.11 Å². The van der Waals surface area contributed by atoms with E-state index in [0.29, 0.717) is 0 Å². The molecule has 5 heteroatoms. The van der Waals surface area contributed by atoms with Crippen molar-refractivity contribution in [3.05, 3.63) is 29.8 Å². The van der Waals surface area contributed by atoms with Gasteiger partial charge in [-0.15, -0.1) is 0 Å². The third-order valence-electron chi connectivity index (χ3n) is 2.55. The maximum atomic E-state index is 11.4. The molecule has 1 aromatic rings. The molecular formula is C12H13NO4. The number of benzene rings is 1. The number of carbonyl (C=O) groups is 2. The second kappa shape index (κ2) is 4.86. The van der Waals surface area contributed by atoms with Gasteiger partial charge in [-0.1, -0.05) is 12.1 Å². The van der Waals surface area contributed by atoms with Crippen LogP contribution in [0.2, 0.25) is 0 Å². The highest BCUT2D eigenvalue weighted by atomic mass is 16.5. The lowest BCUT2D eigenvalue weighted by Crippen LogP contribution is -2.53. The molecule has 0 radical (unpaired) electrons. The normalized spacial score (nSPS) is 17.9. The van der Waals surface area contributed by atoms with Crippen LogP contribution in [-0.2, 0) is 20.9 Å². The van der Waals surface area contributed by atoms with Crippen molar-refractivity contribution in [3.8, 4) is 5.75 Å². The average Bonchev–Trinajstić information content (AvgIpc) is 2.32. The van der Waals surface area contributed by atoms with Crippen molar-refractivity contribution in [2.24, 2.45) is 0 Å². The molecule has 2 rings (SSSR count). The van der Waals surface area contributed by atoms with E-state index in [0.717, 1.165) is 11.3 Å². The molecule has 1 heterocycles. The molecule has 0 aliphatic carbocycles. The Labute approximate surface area is 98.7 Å². The molecule has 1 aliphatic rings. The first-order valence-corrected chi connectivity index (χ1v) is 5.28. The molecule has 0 saturated carbocycles. The smallest absolute Gasteiger partial charge is 0.329 e. The molecule has 1 fully saturated rings. The summed E-state index contributed by atoms with van der Waals surface area (Å²) in [6.45, 7) is 0.204. The molecule has 1 amide bonds. The number of amides is 1. The van der Waals surface area contributed by atoms with E-state index in [1.807, 2.05) is 12.1 Å². The van der Waals surface area contributed by atoms with Gasteiger partial charge < -0.3 is 14.8 Å². The molecule has 5 nitrogen and oxygen atoms in total. The summed E-state index contributed by atoms with van der Waals surface area (Å²) in [6.07, 6.45) is 0.224. The van der Waals surface area contributed by atoms with Crippen LogP contribution in [0, 0.1) is 0 Å². The van der Waals surface area contributed by atoms with Gasteiger partial charge in [0.1, 0.15) is 18.4 Å².